The summed E-state index contributed by atoms with van der Waals surface area (Å²) in [4.78, 5) is 6.18. The van der Waals surface area contributed by atoms with Gasteiger partial charge in [-0.3, -0.25) is 0 Å². The van der Waals surface area contributed by atoms with Crippen molar-refractivity contribution in [2.75, 3.05) is 0 Å². The number of halogens is 1. The number of nitrogens with two attached hydrogens (primary N) is 1. The highest BCUT2D eigenvalue weighted by Gasteiger charge is 2.18. The Morgan fingerprint density at radius 2 is 2.26 bits per heavy atom. The van der Waals surface area contributed by atoms with Gasteiger partial charge in [-0.1, -0.05) is 23.7 Å². The van der Waals surface area contributed by atoms with Gasteiger partial charge in [0.05, 0.1) is 10.7 Å². The number of aromatic nitrogens is 1. The van der Waals surface area contributed by atoms with E-state index in [2.05, 4.69) is 6.07 Å². The highest BCUT2D eigenvalue weighted by atomic mass is 35.5. The second kappa shape index (κ2) is 5.23. The van der Waals surface area contributed by atoms with Crippen molar-refractivity contribution in [3.63, 3.8) is 0 Å². The average molecular weight is 293 g/mol. The minimum atomic E-state index is 0.00208. The standard InChI is InChI=1S/C15H17ClN2S/c1-9-7-10(5-6-11(9)16)12(17)8-15-18-13-3-2-4-14(13)19-15/h5-7,12H,2-4,8,17H2,1H3. The molecule has 1 atom stereocenters. The molecule has 1 unspecified atom stereocenters. The van der Waals surface area contributed by atoms with Gasteiger partial charge in [0.15, 0.2) is 0 Å². The fraction of sp³-hybridized carbons (Fsp3) is 0.400. The summed E-state index contributed by atoms with van der Waals surface area (Å²) < 4.78 is 0. The van der Waals surface area contributed by atoms with E-state index in [-0.39, 0.29) is 6.04 Å². The minimum Gasteiger partial charge on any atom is -0.324 e. The molecule has 0 bridgehead atoms. The first-order valence-electron chi connectivity index (χ1n) is 6.62. The van der Waals surface area contributed by atoms with Crippen molar-refractivity contribution in [2.45, 2.75) is 38.6 Å². The highest BCUT2D eigenvalue weighted by Crippen LogP contribution is 2.30. The number of hydrogen-bond donors (Lipinski definition) is 1. The number of benzene rings is 1. The molecule has 3 rings (SSSR count). The van der Waals surface area contributed by atoms with Gasteiger partial charge in [0.2, 0.25) is 0 Å². The Morgan fingerprint density at radius 1 is 1.42 bits per heavy atom. The van der Waals surface area contributed by atoms with E-state index in [4.69, 9.17) is 22.3 Å². The van der Waals surface area contributed by atoms with Gasteiger partial charge in [-0.2, -0.15) is 0 Å². The molecule has 0 saturated carbocycles. The van der Waals surface area contributed by atoms with E-state index in [0.717, 1.165) is 29.0 Å². The zero-order chi connectivity index (χ0) is 13.4. The second-order valence-electron chi connectivity index (χ2n) is 5.15. The van der Waals surface area contributed by atoms with Crippen LogP contribution in [0, 0.1) is 6.92 Å². The number of hydrogen-bond acceptors (Lipinski definition) is 3. The largest absolute Gasteiger partial charge is 0.324 e. The van der Waals surface area contributed by atoms with Gasteiger partial charge >= 0.3 is 0 Å². The Bertz CT molecular complexity index is 585. The first-order chi connectivity index (χ1) is 9.13. The molecule has 1 aliphatic rings. The summed E-state index contributed by atoms with van der Waals surface area (Å²) in [5, 5.41) is 1.97. The lowest BCUT2D eigenvalue weighted by atomic mass is 10.0. The maximum Gasteiger partial charge on any atom is 0.0950 e. The van der Waals surface area contributed by atoms with Crippen LogP contribution in [-0.4, -0.2) is 4.98 Å². The van der Waals surface area contributed by atoms with Gasteiger partial charge in [0.1, 0.15) is 0 Å². The zero-order valence-electron chi connectivity index (χ0n) is 10.9. The summed E-state index contributed by atoms with van der Waals surface area (Å²) in [5.41, 5.74) is 9.81. The van der Waals surface area contributed by atoms with Crippen LogP contribution in [0.15, 0.2) is 18.2 Å². The first-order valence-corrected chi connectivity index (χ1v) is 7.82. The number of aryl methyl sites for hydroxylation is 3. The van der Waals surface area contributed by atoms with Gasteiger partial charge in [-0.25, -0.2) is 4.98 Å². The maximum absolute atomic E-state index is 6.29. The van der Waals surface area contributed by atoms with Crippen molar-refractivity contribution in [1.29, 1.82) is 0 Å². The summed E-state index contributed by atoms with van der Waals surface area (Å²) in [7, 11) is 0. The summed E-state index contributed by atoms with van der Waals surface area (Å²) in [6.07, 6.45) is 4.42. The Kier molecular flexibility index (Phi) is 3.61. The Labute approximate surface area is 122 Å². The van der Waals surface area contributed by atoms with Crippen LogP contribution in [0.2, 0.25) is 5.02 Å². The van der Waals surface area contributed by atoms with Crippen LogP contribution < -0.4 is 5.73 Å². The van der Waals surface area contributed by atoms with Gasteiger partial charge in [-0.05, 0) is 43.4 Å². The number of nitrogens with zero attached hydrogens (tertiary/aromatic N) is 1. The molecule has 2 N–H and O–H groups in total. The monoisotopic (exact) mass is 292 g/mol. The minimum absolute atomic E-state index is 0.00208. The highest BCUT2D eigenvalue weighted by molar-refractivity contribution is 7.11. The zero-order valence-corrected chi connectivity index (χ0v) is 12.5. The molecule has 1 heterocycles. The predicted octanol–water partition coefficient (Wildman–Crippen LogP) is 3.84. The number of rotatable bonds is 3. The van der Waals surface area contributed by atoms with E-state index < -0.39 is 0 Å². The first kappa shape index (κ1) is 13.1. The fourth-order valence-electron chi connectivity index (χ4n) is 2.54. The van der Waals surface area contributed by atoms with Crippen LogP contribution in [0.3, 0.4) is 0 Å². The molecule has 0 amide bonds. The van der Waals surface area contributed by atoms with E-state index in [0.29, 0.717) is 0 Å². The fourth-order valence-corrected chi connectivity index (χ4v) is 3.87. The van der Waals surface area contributed by atoms with Crippen molar-refractivity contribution >= 4 is 22.9 Å². The van der Waals surface area contributed by atoms with E-state index in [1.54, 1.807) is 0 Å². The van der Waals surface area contributed by atoms with E-state index in [1.165, 1.54) is 28.4 Å². The third kappa shape index (κ3) is 2.69. The Hall–Kier alpha value is -0.900. The quantitative estimate of drug-likeness (QED) is 0.933. The van der Waals surface area contributed by atoms with Crippen LogP contribution in [0.25, 0.3) is 0 Å². The van der Waals surface area contributed by atoms with Crippen LogP contribution >= 0.6 is 22.9 Å². The molecular formula is C15H17ClN2S. The Morgan fingerprint density at radius 3 is 3.00 bits per heavy atom. The van der Waals surface area contributed by atoms with E-state index in [9.17, 15) is 0 Å². The average Bonchev–Trinajstić information content (AvgIpc) is 2.93. The molecule has 0 aliphatic heterocycles. The molecule has 1 aromatic carbocycles. The molecule has 0 fully saturated rings. The van der Waals surface area contributed by atoms with E-state index >= 15 is 0 Å². The molecule has 0 saturated heterocycles. The predicted molar refractivity (Wildman–Crippen MR) is 81.0 cm³/mol. The summed E-state index contributed by atoms with van der Waals surface area (Å²) >= 11 is 7.88. The SMILES string of the molecule is Cc1cc(C(N)Cc2nc3c(s2)CCC3)ccc1Cl. The molecule has 1 aliphatic carbocycles. The Balaban J connectivity index is 1.76. The van der Waals surface area contributed by atoms with Crippen molar-refractivity contribution in [3.05, 3.63) is 49.9 Å². The molecule has 100 valence electrons. The van der Waals surface area contributed by atoms with Gasteiger partial charge in [0.25, 0.3) is 0 Å². The van der Waals surface area contributed by atoms with Crippen LogP contribution in [0.5, 0.6) is 0 Å². The molecule has 2 nitrogen and oxygen atoms in total. The normalized spacial score (nSPS) is 15.5. The maximum atomic E-state index is 6.29. The second-order valence-corrected chi connectivity index (χ2v) is 6.73. The number of thiazole rings is 1. The summed E-state index contributed by atoms with van der Waals surface area (Å²) in [6, 6.07) is 6.02. The smallest absolute Gasteiger partial charge is 0.0950 e. The van der Waals surface area contributed by atoms with Gasteiger partial charge in [-0.15, -0.1) is 11.3 Å². The summed E-state index contributed by atoms with van der Waals surface area (Å²) in [6.45, 7) is 2.01. The van der Waals surface area contributed by atoms with Crippen molar-refractivity contribution in [1.82, 2.24) is 4.98 Å². The third-order valence-electron chi connectivity index (χ3n) is 3.64. The molecular weight excluding hydrogens is 276 g/mol. The number of fused-ring (bicyclic) bond motifs is 1. The van der Waals surface area contributed by atoms with Crippen LogP contribution in [-0.2, 0) is 19.3 Å². The lowest BCUT2D eigenvalue weighted by molar-refractivity contribution is 0.714. The molecule has 4 heteroatoms. The van der Waals surface area contributed by atoms with Gasteiger partial charge < -0.3 is 5.73 Å². The van der Waals surface area contributed by atoms with Crippen LogP contribution in [0.1, 0.15) is 39.2 Å². The lowest BCUT2D eigenvalue weighted by Gasteiger charge is -2.11. The van der Waals surface area contributed by atoms with Crippen molar-refractivity contribution < 1.29 is 0 Å². The molecule has 0 radical (unpaired) electrons. The molecule has 1 aromatic heterocycles. The van der Waals surface area contributed by atoms with Crippen molar-refractivity contribution in [2.24, 2.45) is 5.73 Å². The third-order valence-corrected chi connectivity index (χ3v) is 5.25. The lowest BCUT2D eigenvalue weighted by Crippen LogP contribution is -2.13. The summed E-state index contributed by atoms with van der Waals surface area (Å²) in [5.74, 6) is 0. The van der Waals surface area contributed by atoms with Gasteiger partial charge in [0, 0.05) is 22.4 Å². The molecule has 2 aromatic rings. The topological polar surface area (TPSA) is 38.9 Å². The van der Waals surface area contributed by atoms with E-state index in [1.807, 2.05) is 30.4 Å². The molecule has 0 spiro atoms. The van der Waals surface area contributed by atoms with Crippen LogP contribution in [0.4, 0.5) is 0 Å². The van der Waals surface area contributed by atoms with Crippen molar-refractivity contribution in [3.8, 4) is 0 Å². The molecule has 19 heavy (non-hydrogen) atoms.